The maximum absolute atomic E-state index is 13.0. The molecule has 0 aromatic carbocycles. The number of fused-ring (bicyclic) bond motifs is 1. The topological polar surface area (TPSA) is 68.3 Å². The van der Waals surface area contributed by atoms with Crippen molar-refractivity contribution < 1.29 is 4.79 Å². The zero-order valence-corrected chi connectivity index (χ0v) is 14.1. The lowest BCUT2D eigenvalue weighted by Crippen LogP contribution is -2.31. The Labute approximate surface area is 139 Å². The Kier molecular flexibility index (Phi) is 3.37. The third kappa shape index (κ3) is 2.19. The maximum Gasteiger partial charge on any atom is 0.274 e. The summed E-state index contributed by atoms with van der Waals surface area (Å²) in [6, 6.07) is 1.90. The van der Waals surface area contributed by atoms with Crippen LogP contribution in [0.15, 0.2) is 24.7 Å². The first kappa shape index (κ1) is 14.9. The molecule has 1 saturated heterocycles. The second-order valence-corrected chi connectivity index (χ2v) is 6.32. The van der Waals surface area contributed by atoms with Gasteiger partial charge in [-0.1, -0.05) is 0 Å². The zero-order chi connectivity index (χ0) is 16.8. The SMILES string of the molecule is Cc1nn(C)c(C)c1[C@H]1CCCN1C(=O)c1cn2cccnc2n1. The van der Waals surface area contributed by atoms with Crippen LogP contribution in [0.1, 0.15) is 46.3 Å². The number of rotatable bonds is 2. The van der Waals surface area contributed by atoms with Crippen LogP contribution in [-0.2, 0) is 7.05 Å². The van der Waals surface area contributed by atoms with E-state index in [1.165, 1.54) is 5.56 Å². The normalized spacial score (nSPS) is 17.8. The van der Waals surface area contributed by atoms with Gasteiger partial charge < -0.3 is 4.90 Å². The highest BCUT2D eigenvalue weighted by Crippen LogP contribution is 2.36. The Bertz CT molecular complexity index is 891. The summed E-state index contributed by atoms with van der Waals surface area (Å²) in [7, 11) is 1.95. The predicted molar refractivity (Wildman–Crippen MR) is 88.7 cm³/mol. The van der Waals surface area contributed by atoms with E-state index in [1.54, 1.807) is 16.8 Å². The first-order valence-corrected chi connectivity index (χ1v) is 8.17. The van der Waals surface area contributed by atoms with Crippen molar-refractivity contribution in [2.24, 2.45) is 7.05 Å². The summed E-state index contributed by atoms with van der Waals surface area (Å²) in [6.07, 6.45) is 7.24. The Morgan fingerprint density at radius 1 is 1.33 bits per heavy atom. The Balaban J connectivity index is 1.70. The van der Waals surface area contributed by atoms with E-state index in [-0.39, 0.29) is 11.9 Å². The predicted octanol–water partition coefficient (Wildman–Crippen LogP) is 2.06. The summed E-state index contributed by atoms with van der Waals surface area (Å²) in [6.45, 7) is 4.82. The highest BCUT2D eigenvalue weighted by Gasteiger charge is 2.34. The van der Waals surface area contributed by atoms with Crippen LogP contribution in [-0.4, -0.2) is 41.5 Å². The number of aromatic nitrogens is 5. The van der Waals surface area contributed by atoms with Crippen molar-refractivity contribution in [1.82, 2.24) is 29.0 Å². The van der Waals surface area contributed by atoms with Gasteiger partial charge in [-0.25, -0.2) is 9.97 Å². The number of hydrogen-bond donors (Lipinski definition) is 0. The summed E-state index contributed by atoms with van der Waals surface area (Å²) in [5.74, 6) is 0.510. The lowest BCUT2D eigenvalue weighted by atomic mass is 10.0. The van der Waals surface area contributed by atoms with Gasteiger partial charge in [-0.15, -0.1) is 0 Å². The van der Waals surface area contributed by atoms with Crippen molar-refractivity contribution in [3.63, 3.8) is 0 Å². The lowest BCUT2D eigenvalue weighted by Gasteiger charge is -2.24. The van der Waals surface area contributed by atoms with Crippen LogP contribution in [0.3, 0.4) is 0 Å². The summed E-state index contributed by atoms with van der Waals surface area (Å²) >= 11 is 0. The van der Waals surface area contributed by atoms with Gasteiger partial charge in [0.1, 0.15) is 5.69 Å². The smallest absolute Gasteiger partial charge is 0.274 e. The van der Waals surface area contributed by atoms with Crippen LogP contribution in [0, 0.1) is 13.8 Å². The van der Waals surface area contributed by atoms with Crippen molar-refractivity contribution in [3.8, 4) is 0 Å². The third-order valence-electron chi connectivity index (χ3n) is 4.87. The number of hydrogen-bond acceptors (Lipinski definition) is 4. The number of amides is 1. The second-order valence-electron chi connectivity index (χ2n) is 6.32. The maximum atomic E-state index is 13.0. The molecule has 124 valence electrons. The highest BCUT2D eigenvalue weighted by molar-refractivity contribution is 5.93. The molecule has 7 nitrogen and oxygen atoms in total. The molecule has 0 N–H and O–H groups in total. The lowest BCUT2D eigenvalue weighted by molar-refractivity contribution is 0.0729. The van der Waals surface area contributed by atoms with Gasteiger partial charge in [-0.2, -0.15) is 5.10 Å². The van der Waals surface area contributed by atoms with E-state index in [9.17, 15) is 4.79 Å². The first-order valence-electron chi connectivity index (χ1n) is 8.17. The Hall–Kier alpha value is -2.70. The fourth-order valence-corrected chi connectivity index (χ4v) is 3.66. The zero-order valence-electron chi connectivity index (χ0n) is 14.1. The van der Waals surface area contributed by atoms with Gasteiger partial charge in [-0.3, -0.25) is 13.9 Å². The molecule has 1 amide bonds. The molecular formula is C17H20N6O. The minimum absolute atomic E-state index is 0.0364. The van der Waals surface area contributed by atoms with Crippen molar-refractivity contribution in [2.45, 2.75) is 32.7 Å². The fourth-order valence-electron chi connectivity index (χ4n) is 3.66. The molecule has 7 heteroatoms. The molecule has 24 heavy (non-hydrogen) atoms. The van der Waals surface area contributed by atoms with E-state index in [0.717, 1.165) is 30.8 Å². The van der Waals surface area contributed by atoms with Crippen molar-refractivity contribution >= 4 is 11.7 Å². The van der Waals surface area contributed by atoms with Gasteiger partial charge in [-0.05, 0) is 32.8 Å². The quantitative estimate of drug-likeness (QED) is 0.723. The summed E-state index contributed by atoms with van der Waals surface area (Å²) < 4.78 is 3.67. The van der Waals surface area contributed by atoms with E-state index in [4.69, 9.17) is 0 Å². The number of carbonyl (C=O) groups excluding carboxylic acids is 1. The van der Waals surface area contributed by atoms with Gasteiger partial charge in [0.2, 0.25) is 5.78 Å². The van der Waals surface area contributed by atoms with Crippen LogP contribution in [0.2, 0.25) is 0 Å². The van der Waals surface area contributed by atoms with Gasteiger partial charge >= 0.3 is 0 Å². The van der Waals surface area contributed by atoms with Crippen LogP contribution >= 0.6 is 0 Å². The number of aryl methyl sites for hydroxylation is 2. The molecule has 0 unspecified atom stereocenters. The molecule has 0 aliphatic carbocycles. The minimum atomic E-state index is -0.0364. The van der Waals surface area contributed by atoms with Gasteiger partial charge in [0, 0.05) is 43.4 Å². The standard InChI is InChI=1S/C17H20N6O/c1-11-15(12(2)21(3)20-11)14-6-4-9-23(14)16(24)13-10-22-8-5-7-18-17(22)19-13/h5,7-8,10,14H,4,6,9H2,1-3H3/t14-/m1/s1. The van der Waals surface area contributed by atoms with Crippen LogP contribution in [0.4, 0.5) is 0 Å². The average molecular weight is 324 g/mol. The van der Waals surface area contributed by atoms with E-state index in [0.29, 0.717) is 11.5 Å². The monoisotopic (exact) mass is 324 g/mol. The van der Waals surface area contributed by atoms with Gasteiger partial charge in [0.15, 0.2) is 0 Å². The summed E-state index contributed by atoms with van der Waals surface area (Å²) in [5, 5.41) is 4.51. The average Bonchev–Trinajstić information content (AvgIpc) is 3.25. The largest absolute Gasteiger partial charge is 0.330 e. The highest BCUT2D eigenvalue weighted by atomic mass is 16.2. The number of carbonyl (C=O) groups is 1. The molecule has 1 aliphatic rings. The van der Waals surface area contributed by atoms with Crippen molar-refractivity contribution in [1.29, 1.82) is 0 Å². The minimum Gasteiger partial charge on any atom is -0.330 e. The van der Waals surface area contributed by atoms with Crippen LogP contribution in [0.25, 0.3) is 5.78 Å². The van der Waals surface area contributed by atoms with Gasteiger partial charge in [0.05, 0.1) is 11.7 Å². The molecule has 3 aromatic heterocycles. The molecule has 3 aromatic rings. The first-order chi connectivity index (χ1) is 11.6. The fraction of sp³-hybridized carbons (Fsp3) is 0.412. The van der Waals surface area contributed by atoms with Crippen molar-refractivity contribution in [2.75, 3.05) is 6.54 Å². The number of nitrogens with zero attached hydrogens (tertiary/aromatic N) is 6. The molecular weight excluding hydrogens is 304 g/mol. The molecule has 0 saturated carbocycles. The molecule has 4 rings (SSSR count). The summed E-state index contributed by atoms with van der Waals surface area (Å²) in [5.41, 5.74) is 3.73. The van der Waals surface area contributed by atoms with E-state index in [1.807, 2.05) is 35.8 Å². The molecule has 0 spiro atoms. The van der Waals surface area contributed by atoms with Gasteiger partial charge in [0.25, 0.3) is 5.91 Å². The van der Waals surface area contributed by atoms with E-state index < -0.39 is 0 Å². The Morgan fingerprint density at radius 3 is 2.88 bits per heavy atom. The van der Waals surface area contributed by atoms with E-state index in [2.05, 4.69) is 22.0 Å². The van der Waals surface area contributed by atoms with Crippen molar-refractivity contribution in [3.05, 3.63) is 47.3 Å². The van der Waals surface area contributed by atoms with Crippen LogP contribution in [0.5, 0.6) is 0 Å². The van der Waals surface area contributed by atoms with Crippen LogP contribution < -0.4 is 0 Å². The number of imidazole rings is 1. The summed E-state index contributed by atoms with van der Waals surface area (Å²) in [4.78, 5) is 23.5. The Morgan fingerprint density at radius 2 is 2.17 bits per heavy atom. The third-order valence-corrected chi connectivity index (χ3v) is 4.87. The molecule has 0 bridgehead atoms. The van der Waals surface area contributed by atoms with E-state index >= 15 is 0 Å². The number of likely N-dealkylation sites (tertiary alicyclic amines) is 1. The molecule has 1 atom stereocenters. The molecule has 4 heterocycles. The molecule has 1 aliphatic heterocycles. The molecule has 0 radical (unpaired) electrons. The molecule has 1 fully saturated rings. The second kappa shape index (κ2) is 5.43.